The molecule has 0 spiro atoms. The Hall–Kier alpha value is -2.70. The fourth-order valence-electron chi connectivity index (χ4n) is 5.23. The van der Waals surface area contributed by atoms with E-state index in [1.165, 1.54) is 19.4 Å². The van der Waals surface area contributed by atoms with Crippen molar-refractivity contribution in [3.63, 3.8) is 0 Å². The fraction of sp³-hybridized carbons (Fsp3) is 0.619. The molecule has 1 N–H and O–H groups in total. The van der Waals surface area contributed by atoms with Crippen LogP contribution in [0.2, 0.25) is 0 Å². The van der Waals surface area contributed by atoms with Gasteiger partial charge in [0.05, 0.1) is 29.9 Å². The third-order valence-corrected chi connectivity index (χ3v) is 6.84. The molecule has 0 unspecified atom stereocenters. The number of anilines is 3. The zero-order chi connectivity index (χ0) is 20.7. The Balaban J connectivity index is 1.31. The van der Waals surface area contributed by atoms with E-state index in [1.54, 1.807) is 10.9 Å². The molecule has 3 aliphatic rings. The first-order valence-electron chi connectivity index (χ1n) is 10.8. The van der Waals surface area contributed by atoms with E-state index < -0.39 is 0 Å². The zero-order valence-electron chi connectivity index (χ0n) is 17.8. The van der Waals surface area contributed by atoms with E-state index in [2.05, 4.69) is 36.2 Å². The summed E-state index contributed by atoms with van der Waals surface area (Å²) in [5.41, 5.74) is 1.86. The summed E-state index contributed by atoms with van der Waals surface area (Å²) in [4.78, 5) is 16.7. The van der Waals surface area contributed by atoms with Crippen LogP contribution in [0, 0.1) is 18.3 Å². The largest absolute Gasteiger partial charge is 0.352 e. The van der Waals surface area contributed by atoms with Crippen molar-refractivity contribution in [3.05, 3.63) is 24.2 Å². The predicted molar refractivity (Wildman–Crippen MR) is 115 cm³/mol. The van der Waals surface area contributed by atoms with Gasteiger partial charge in [-0.25, -0.2) is 4.98 Å². The number of aromatic nitrogens is 4. The number of nitrogens with one attached hydrogen (secondary N) is 1. The van der Waals surface area contributed by atoms with Crippen molar-refractivity contribution in [2.24, 2.45) is 7.05 Å². The molecule has 2 aromatic rings. The van der Waals surface area contributed by atoms with Gasteiger partial charge in [0.2, 0.25) is 5.95 Å². The molecule has 0 saturated carbocycles. The van der Waals surface area contributed by atoms with E-state index in [-0.39, 0.29) is 5.54 Å². The highest BCUT2D eigenvalue weighted by Gasteiger charge is 2.50. The van der Waals surface area contributed by atoms with Gasteiger partial charge < -0.3 is 10.2 Å². The number of aryl methyl sites for hydroxylation is 2. The van der Waals surface area contributed by atoms with E-state index in [9.17, 15) is 5.26 Å². The van der Waals surface area contributed by atoms with Crippen molar-refractivity contribution in [3.8, 4) is 6.07 Å². The molecule has 1 atom stereocenters. The minimum atomic E-state index is -0.0578. The van der Waals surface area contributed by atoms with Crippen LogP contribution in [0.5, 0.6) is 0 Å². The Kier molecular flexibility index (Phi) is 4.83. The second-order valence-electron chi connectivity index (χ2n) is 8.92. The number of piperazine rings is 1. The third-order valence-electron chi connectivity index (χ3n) is 6.84. The van der Waals surface area contributed by atoms with Gasteiger partial charge in [0, 0.05) is 63.8 Å². The van der Waals surface area contributed by atoms with Crippen LogP contribution >= 0.6 is 0 Å². The van der Waals surface area contributed by atoms with Crippen molar-refractivity contribution >= 4 is 17.5 Å². The first kappa shape index (κ1) is 19.3. The highest BCUT2D eigenvalue weighted by molar-refractivity contribution is 5.57. The van der Waals surface area contributed by atoms with Crippen LogP contribution in [-0.4, -0.2) is 80.4 Å². The summed E-state index contributed by atoms with van der Waals surface area (Å²) in [5, 5.41) is 17.0. The van der Waals surface area contributed by atoms with Crippen molar-refractivity contribution in [1.29, 1.82) is 5.26 Å². The third kappa shape index (κ3) is 3.40. The molecular formula is C21H29N9. The van der Waals surface area contributed by atoms with Gasteiger partial charge in [-0.3, -0.25) is 14.5 Å². The maximum absolute atomic E-state index is 9.56. The monoisotopic (exact) mass is 407 g/mol. The van der Waals surface area contributed by atoms with Crippen molar-refractivity contribution < 1.29 is 0 Å². The fourth-order valence-corrected chi connectivity index (χ4v) is 5.23. The van der Waals surface area contributed by atoms with Crippen molar-refractivity contribution in [2.45, 2.75) is 37.8 Å². The Bertz CT molecular complexity index is 956. The molecule has 2 aromatic heterocycles. The van der Waals surface area contributed by atoms with Gasteiger partial charge in [0.15, 0.2) is 0 Å². The minimum Gasteiger partial charge on any atom is -0.352 e. The second-order valence-corrected chi connectivity index (χ2v) is 8.92. The van der Waals surface area contributed by atoms with Crippen LogP contribution in [0.3, 0.4) is 0 Å². The Morgan fingerprint density at radius 2 is 2.13 bits per heavy atom. The number of fused-ring (bicyclic) bond motifs is 1. The van der Waals surface area contributed by atoms with Crippen LogP contribution in [0.1, 0.15) is 24.8 Å². The molecule has 0 aromatic carbocycles. The molecule has 9 nitrogen and oxygen atoms in total. The molecule has 5 heterocycles. The SMILES string of the molecule is Cc1cnc(Nc2cnn(C)c2)nc1N1CC(CC#N)(N2CCN3CCC[C@H]3C2)C1. The first-order valence-corrected chi connectivity index (χ1v) is 10.8. The molecule has 3 fully saturated rings. The number of hydrogen-bond acceptors (Lipinski definition) is 8. The van der Waals surface area contributed by atoms with Gasteiger partial charge in [0.25, 0.3) is 0 Å². The van der Waals surface area contributed by atoms with E-state index >= 15 is 0 Å². The van der Waals surface area contributed by atoms with Crippen LogP contribution < -0.4 is 10.2 Å². The number of hydrogen-bond donors (Lipinski definition) is 1. The van der Waals surface area contributed by atoms with Crippen molar-refractivity contribution in [2.75, 3.05) is 49.5 Å². The van der Waals surface area contributed by atoms with Crippen LogP contribution in [0.25, 0.3) is 0 Å². The summed E-state index contributed by atoms with van der Waals surface area (Å²) < 4.78 is 1.74. The quantitative estimate of drug-likeness (QED) is 0.798. The molecule has 5 rings (SSSR count). The summed E-state index contributed by atoms with van der Waals surface area (Å²) in [7, 11) is 1.88. The van der Waals surface area contributed by atoms with E-state index in [4.69, 9.17) is 4.98 Å². The van der Waals surface area contributed by atoms with Gasteiger partial charge in [-0.2, -0.15) is 15.3 Å². The summed E-state index contributed by atoms with van der Waals surface area (Å²) >= 11 is 0. The number of rotatable bonds is 5. The second kappa shape index (κ2) is 7.52. The van der Waals surface area contributed by atoms with Gasteiger partial charge in [-0.05, 0) is 26.3 Å². The average Bonchev–Trinajstić information content (AvgIpc) is 3.34. The van der Waals surface area contributed by atoms with Gasteiger partial charge >= 0.3 is 0 Å². The lowest BCUT2D eigenvalue weighted by molar-refractivity contribution is -0.000559. The lowest BCUT2D eigenvalue weighted by Gasteiger charge is -2.58. The summed E-state index contributed by atoms with van der Waals surface area (Å²) in [6.45, 7) is 8.25. The van der Waals surface area contributed by atoms with Gasteiger partial charge in [-0.1, -0.05) is 0 Å². The topological polar surface area (TPSA) is 89.1 Å². The van der Waals surface area contributed by atoms with E-state index in [0.29, 0.717) is 18.4 Å². The molecule has 3 saturated heterocycles. The smallest absolute Gasteiger partial charge is 0.229 e. The lowest BCUT2D eigenvalue weighted by Crippen LogP contribution is -2.73. The van der Waals surface area contributed by atoms with Crippen LogP contribution in [-0.2, 0) is 7.05 Å². The Labute approximate surface area is 177 Å². The number of nitrogens with zero attached hydrogens (tertiary/aromatic N) is 8. The Morgan fingerprint density at radius 3 is 2.90 bits per heavy atom. The molecule has 0 aliphatic carbocycles. The van der Waals surface area contributed by atoms with Crippen LogP contribution in [0.15, 0.2) is 18.6 Å². The normalized spacial score (nSPS) is 23.6. The summed E-state index contributed by atoms with van der Waals surface area (Å²) in [6, 6.07) is 3.13. The molecule has 30 heavy (non-hydrogen) atoms. The van der Waals surface area contributed by atoms with E-state index in [0.717, 1.165) is 49.8 Å². The molecule has 0 radical (unpaired) electrons. The lowest BCUT2D eigenvalue weighted by atomic mass is 9.83. The summed E-state index contributed by atoms with van der Waals surface area (Å²) in [6.07, 6.45) is 8.68. The van der Waals surface area contributed by atoms with Gasteiger partial charge in [0.1, 0.15) is 5.82 Å². The highest BCUT2D eigenvalue weighted by Crippen LogP contribution is 2.38. The first-order chi connectivity index (χ1) is 14.6. The van der Waals surface area contributed by atoms with Crippen molar-refractivity contribution in [1.82, 2.24) is 29.5 Å². The number of nitriles is 1. The molecular weight excluding hydrogens is 378 g/mol. The summed E-state index contributed by atoms with van der Waals surface area (Å²) in [5.74, 6) is 1.52. The molecule has 9 heteroatoms. The minimum absolute atomic E-state index is 0.0578. The maximum Gasteiger partial charge on any atom is 0.229 e. The zero-order valence-corrected chi connectivity index (χ0v) is 17.8. The Morgan fingerprint density at radius 1 is 1.27 bits per heavy atom. The maximum atomic E-state index is 9.56. The predicted octanol–water partition coefficient (Wildman–Crippen LogP) is 1.51. The molecule has 158 valence electrons. The highest BCUT2D eigenvalue weighted by atomic mass is 15.4. The van der Waals surface area contributed by atoms with E-state index in [1.807, 2.05) is 26.4 Å². The standard InChI is InChI=1S/C21H29N9/c1-16-10-23-20(25-17-11-24-27(2)12-17)26-19(16)29-14-21(15-29,5-6-22)30-9-8-28-7-3-4-18(28)13-30/h10-12,18H,3-5,7-9,13-15H2,1-2H3,(H,23,25,26)/t18-/m0/s1. The van der Waals surface area contributed by atoms with Gasteiger partial charge in [-0.15, -0.1) is 0 Å². The average molecular weight is 408 g/mol. The molecule has 0 amide bonds. The molecule has 0 bridgehead atoms. The molecule has 3 aliphatic heterocycles. The van der Waals surface area contributed by atoms with Crippen LogP contribution in [0.4, 0.5) is 17.5 Å².